The number of nitrogens with zero attached hydrogens (tertiary/aromatic N) is 2. The summed E-state index contributed by atoms with van der Waals surface area (Å²) < 4.78 is 0. The van der Waals surface area contributed by atoms with Gasteiger partial charge in [-0.25, -0.2) is 0 Å². The van der Waals surface area contributed by atoms with Crippen LogP contribution in [-0.4, -0.2) is 34.7 Å². The van der Waals surface area contributed by atoms with Gasteiger partial charge in [-0.3, -0.25) is 19.7 Å². The molecule has 1 aliphatic rings. The van der Waals surface area contributed by atoms with E-state index in [0.717, 1.165) is 31.5 Å². The van der Waals surface area contributed by atoms with Crippen molar-refractivity contribution in [2.45, 2.75) is 19.8 Å². The Labute approximate surface area is 173 Å². The second kappa shape index (κ2) is 8.87. The maximum atomic E-state index is 12.8. The summed E-state index contributed by atoms with van der Waals surface area (Å²) in [5, 5.41) is 13.8. The third kappa shape index (κ3) is 4.81. The molecule has 29 heavy (non-hydrogen) atoms. The summed E-state index contributed by atoms with van der Waals surface area (Å²) in [4.78, 5) is 37.4. The molecule has 7 nitrogen and oxygen atoms in total. The van der Waals surface area contributed by atoms with Crippen molar-refractivity contribution in [2.24, 2.45) is 0 Å². The molecule has 3 rings (SSSR count). The number of hydrogen-bond donors (Lipinski definition) is 1. The van der Waals surface area contributed by atoms with Gasteiger partial charge in [0, 0.05) is 25.2 Å². The Bertz CT molecular complexity index is 997. The summed E-state index contributed by atoms with van der Waals surface area (Å²) >= 11 is 5.80. The van der Waals surface area contributed by atoms with Crippen molar-refractivity contribution in [3.8, 4) is 0 Å². The number of benzene rings is 2. The van der Waals surface area contributed by atoms with Gasteiger partial charge in [-0.1, -0.05) is 29.8 Å². The maximum Gasteiger partial charge on any atom is 0.288 e. The molecule has 1 heterocycles. The molecule has 0 aliphatic carbocycles. The van der Waals surface area contributed by atoms with Gasteiger partial charge in [0.1, 0.15) is 5.02 Å². The van der Waals surface area contributed by atoms with Crippen LogP contribution in [0.1, 0.15) is 34.3 Å². The molecule has 2 amide bonds. The number of para-hydroxylation sites is 1. The van der Waals surface area contributed by atoms with Gasteiger partial charge in [0.2, 0.25) is 5.91 Å². The van der Waals surface area contributed by atoms with Crippen LogP contribution in [0.3, 0.4) is 0 Å². The lowest BCUT2D eigenvalue weighted by Crippen LogP contribution is -2.29. The Morgan fingerprint density at radius 1 is 1.21 bits per heavy atom. The van der Waals surface area contributed by atoms with Crippen LogP contribution in [0.5, 0.6) is 0 Å². The first-order valence-electron chi connectivity index (χ1n) is 9.18. The van der Waals surface area contributed by atoms with Crippen LogP contribution in [0.25, 0.3) is 6.08 Å². The number of carbonyl (C=O) groups is 2. The number of nitrogens with one attached hydrogen (secondary N) is 1. The van der Waals surface area contributed by atoms with Crippen LogP contribution in [0, 0.1) is 17.0 Å². The zero-order valence-corrected chi connectivity index (χ0v) is 16.6. The number of nitro groups is 1. The van der Waals surface area contributed by atoms with Crippen molar-refractivity contribution in [1.82, 2.24) is 4.90 Å². The highest BCUT2D eigenvalue weighted by atomic mass is 35.5. The normalized spacial score (nSPS) is 13.7. The molecule has 0 unspecified atom stereocenters. The highest BCUT2D eigenvalue weighted by Crippen LogP contribution is 2.26. The van der Waals surface area contributed by atoms with Crippen molar-refractivity contribution in [3.63, 3.8) is 0 Å². The maximum absolute atomic E-state index is 12.8. The molecule has 2 aromatic rings. The Kier molecular flexibility index (Phi) is 6.29. The Morgan fingerprint density at radius 3 is 2.62 bits per heavy atom. The fourth-order valence-corrected chi connectivity index (χ4v) is 3.40. The number of nitro benzene ring substituents is 1. The lowest BCUT2D eigenvalue weighted by atomic mass is 10.1. The Hall–Kier alpha value is -3.19. The van der Waals surface area contributed by atoms with Crippen LogP contribution in [0.15, 0.2) is 42.5 Å². The summed E-state index contributed by atoms with van der Waals surface area (Å²) in [6, 6.07) is 9.60. The standard InChI is InChI=1S/C21H20ClN3O4/c1-14-5-4-6-16(21(27)24-11-2-3-12-24)20(14)23-19(26)10-8-15-7-9-17(22)18(13-15)25(28)29/h4-10,13H,2-3,11-12H2,1H3,(H,23,26)/b10-8+. The van der Waals surface area contributed by atoms with Gasteiger partial charge in [0.15, 0.2) is 0 Å². The predicted octanol–water partition coefficient (Wildman–Crippen LogP) is 4.44. The summed E-state index contributed by atoms with van der Waals surface area (Å²) in [5.41, 5.74) is 1.94. The molecule has 150 valence electrons. The number of aryl methyl sites for hydroxylation is 1. The topological polar surface area (TPSA) is 92.6 Å². The minimum Gasteiger partial charge on any atom is -0.339 e. The monoisotopic (exact) mass is 413 g/mol. The number of hydrogen-bond acceptors (Lipinski definition) is 4. The van der Waals surface area contributed by atoms with Gasteiger partial charge >= 0.3 is 0 Å². The van der Waals surface area contributed by atoms with E-state index in [-0.39, 0.29) is 16.6 Å². The van der Waals surface area contributed by atoms with E-state index in [2.05, 4.69) is 5.32 Å². The zero-order chi connectivity index (χ0) is 21.0. The second-order valence-electron chi connectivity index (χ2n) is 6.79. The van der Waals surface area contributed by atoms with Gasteiger partial charge in [0.25, 0.3) is 11.6 Å². The summed E-state index contributed by atoms with van der Waals surface area (Å²) in [6.07, 6.45) is 4.69. The van der Waals surface area contributed by atoms with Crippen LogP contribution < -0.4 is 5.32 Å². The fraction of sp³-hybridized carbons (Fsp3) is 0.238. The van der Waals surface area contributed by atoms with Gasteiger partial charge < -0.3 is 10.2 Å². The van der Waals surface area contributed by atoms with E-state index in [1.165, 1.54) is 24.3 Å². The first kappa shape index (κ1) is 20.5. The van der Waals surface area contributed by atoms with Crippen LogP contribution in [0.4, 0.5) is 11.4 Å². The van der Waals surface area contributed by atoms with Crippen molar-refractivity contribution in [2.75, 3.05) is 18.4 Å². The molecule has 8 heteroatoms. The van der Waals surface area contributed by atoms with E-state index in [1.54, 1.807) is 23.1 Å². The van der Waals surface area contributed by atoms with Crippen molar-refractivity contribution in [1.29, 1.82) is 0 Å². The lowest BCUT2D eigenvalue weighted by molar-refractivity contribution is -0.384. The Balaban J connectivity index is 1.79. The summed E-state index contributed by atoms with van der Waals surface area (Å²) in [5.74, 6) is -0.536. The third-order valence-corrected chi connectivity index (χ3v) is 5.06. The van der Waals surface area contributed by atoms with Gasteiger partial charge in [-0.05, 0) is 49.1 Å². The quantitative estimate of drug-likeness (QED) is 0.445. The van der Waals surface area contributed by atoms with E-state index in [0.29, 0.717) is 16.8 Å². The molecule has 0 radical (unpaired) electrons. The number of likely N-dealkylation sites (tertiary alicyclic amines) is 1. The molecule has 0 bridgehead atoms. The molecular formula is C21H20ClN3O4. The largest absolute Gasteiger partial charge is 0.339 e. The highest BCUT2D eigenvalue weighted by molar-refractivity contribution is 6.32. The van der Waals surface area contributed by atoms with E-state index in [1.807, 2.05) is 13.0 Å². The molecule has 0 aromatic heterocycles. The molecule has 0 spiro atoms. The predicted molar refractivity (Wildman–Crippen MR) is 112 cm³/mol. The highest BCUT2D eigenvalue weighted by Gasteiger charge is 2.23. The SMILES string of the molecule is Cc1cccc(C(=O)N2CCCC2)c1NC(=O)/C=C/c1ccc(Cl)c([N+](=O)[O-])c1. The van der Waals surface area contributed by atoms with E-state index >= 15 is 0 Å². The van der Waals surface area contributed by atoms with Crippen molar-refractivity contribution >= 4 is 40.9 Å². The van der Waals surface area contributed by atoms with E-state index < -0.39 is 10.8 Å². The average molecular weight is 414 g/mol. The first-order valence-corrected chi connectivity index (χ1v) is 9.56. The molecule has 2 aromatic carbocycles. The first-order chi connectivity index (χ1) is 13.9. The average Bonchev–Trinajstić information content (AvgIpc) is 3.23. The number of halogens is 1. The molecule has 1 fully saturated rings. The second-order valence-corrected chi connectivity index (χ2v) is 7.19. The van der Waals surface area contributed by atoms with Crippen LogP contribution in [0.2, 0.25) is 5.02 Å². The molecule has 1 aliphatic heterocycles. The molecule has 1 saturated heterocycles. The van der Waals surface area contributed by atoms with E-state index in [4.69, 9.17) is 11.6 Å². The summed E-state index contributed by atoms with van der Waals surface area (Å²) in [7, 11) is 0. The Morgan fingerprint density at radius 2 is 1.93 bits per heavy atom. The van der Waals surface area contributed by atoms with Gasteiger partial charge in [0.05, 0.1) is 16.2 Å². The number of carbonyl (C=O) groups excluding carboxylic acids is 2. The number of amides is 2. The lowest BCUT2D eigenvalue weighted by Gasteiger charge is -2.19. The third-order valence-electron chi connectivity index (χ3n) is 4.74. The molecule has 0 saturated carbocycles. The smallest absolute Gasteiger partial charge is 0.288 e. The molecular weight excluding hydrogens is 394 g/mol. The van der Waals surface area contributed by atoms with Crippen molar-refractivity contribution < 1.29 is 14.5 Å². The molecule has 1 N–H and O–H groups in total. The van der Waals surface area contributed by atoms with Gasteiger partial charge in [-0.2, -0.15) is 0 Å². The minimum atomic E-state index is -0.580. The van der Waals surface area contributed by atoms with E-state index in [9.17, 15) is 19.7 Å². The number of anilines is 1. The number of rotatable bonds is 5. The summed E-state index contributed by atoms with van der Waals surface area (Å²) in [6.45, 7) is 3.26. The van der Waals surface area contributed by atoms with Crippen LogP contribution >= 0.6 is 11.6 Å². The van der Waals surface area contributed by atoms with Crippen LogP contribution in [-0.2, 0) is 4.79 Å². The fourth-order valence-electron chi connectivity index (χ4n) is 3.21. The van der Waals surface area contributed by atoms with Crippen molar-refractivity contribution in [3.05, 3.63) is 74.3 Å². The molecule has 0 atom stereocenters. The zero-order valence-electron chi connectivity index (χ0n) is 15.9. The minimum absolute atomic E-state index is 0.0292. The van der Waals surface area contributed by atoms with Gasteiger partial charge in [-0.15, -0.1) is 0 Å².